The van der Waals surface area contributed by atoms with Crippen molar-refractivity contribution in [3.8, 4) is 0 Å². The summed E-state index contributed by atoms with van der Waals surface area (Å²) in [6.07, 6.45) is 0. The molecule has 0 radical (unpaired) electrons. The molecule has 1 unspecified atom stereocenters. The summed E-state index contributed by atoms with van der Waals surface area (Å²) < 4.78 is 18.4. The molecule has 0 saturated carbocycles. The molecule has 7 heteroatoms. The van der Waals surface area contributed by atoms with Crippen molar-refractivity contribution < 1.29 is 18.7 Å². The second-order valence-corrected chi connectivity index (χ2v) is 7.83. The van der Waals surface area contributed by atoms with Gasteiger partial charge in [-0.1, -0.05) is 13.8 Å². The molecule has 0 bridgehead atoms. The van der Waals surface area contributed by atoms with E-state index in [0.29, 0.717) is 25.3 Å². The normalized spacial score (nSPS) is 16.8. The van der Waals surface area contributed by atoms with Gasteiger partial charge in [-0.2, -0.15) is 0 Å². The molecule has 1 aliphatic heterocycles. The molecule has 1 aliphatic rings. The van der Waals surface area contributed by atoms with Crippen molar-refractivity contribution in [2.24, 2.45) is 5.92 Å². The zero-order valence-corrected chi connectivity index (χ0v) is 16.5. The second kappa shape index (κ2) is 9.28. The van der Waals surface area contributed by atoms with Crippen molar-refractivity contribution >= 4 is 11.8 Å². The van der Waals surface area contributed by atoms with E-state index >= 15 is 0 Å². The number of morpholine rings is 1. The Morgan fingerprint density at radius 1 is 1.19 bits per heavy atom. The quantitative estimate of drug-likeness (QED) is 0.758. The van der Waals surface area contributed by atoms with Crippen LogP contribution >= 0.6 is 0 Å². The maximum absolute atomic E-state index is 13.0. The number of carbonyl (C=O) groups is 2. The van der Waals surface area contributed by atoms with Gasteiger partial charge in [0.2, 0.25) is 5.91 Å². The minimum atomic E-state index is -0.664. The number of carbonyl (C=O) groups excluding carboxylic acids is 2. The monoisotopic (exact) mass is 379 g/mol. The Balaban J connectivity index is 1.95. The Kier molecular flexibility index (Phi) is 7.33. The highest BCUT2D eigenvalue weighted by Crippen LogP contribution is 2.15. The average Bonchev–Trinajstić information content (AvgIpc) is 2.65. The predicted molar refractivity (Wildman–Crippen MR) is 102 cm³/mol. The largest absolute Gasteiger partial charge is 0.379 e. The number of ether oxygens (including phenoxy) is 1. The highest BCUT2D eigenvalue weighted by Gasteiger charge is 2.31. The van der Waals surface area contributed by atoms with Gasteiger partial charge in [-0.25, -0.2) is 4.39 Å². The Bertz CT molecular complexity index is 640. The second-order valence-electron chi connectivity index (χ2n) is 7.83. The standard InChI is InChI=1S/C20H30FN3O3/c1-14(2)17(23-18(25)15-5-7-16(21)8-6-15)19(26)22-13-20(3,4)24-9-11-27-12-10-24/h5-8,14,17H,9-13H2,1-4H3,(H,22,26)(H,23,25). The summed E-state index contributed by atoms with van der Waals surface area (Å²) in [4.78, 5) is 27.4. The van der Waals surface area contributed by atoms with Gasteiger partial charge in [0.15, 0.2) is 0 Å². The van der Waals surface area contributed by atoms with Crippen molar-refractivity contribution in [1.29, 1.82) is 0 Å². The van der Waals surface area contributed by atoms with Crippen molar-refractivity contribution in [2.75, 3.05) is 32.8 Å². The van der Waals surface area contributed by atoms with Gasteiger partial charge in [-0.3, -0.25) is 14.5 Å². The molecule has 0 aliphatic carbocycles. The molecule has 6 nitrogen and oxygen atoms in total. The van der Waals surface area contributed by atoms with Crippen LogP contribution < -0.4 is 10.6 Å². The number of benzene rings is 1. The Hall–Kier alpha value is -1.99. The third-order valence-corrected chi connectivity index (χ3v) is 4.90. The lowest BCUT2D eigenvalue weighted by Gasteiger charge is -2.41. The van der Waals surface area contributed by atoms with Gasteiger partial charge < -0.3 is 15.4 Å². The molecule has 150 valence electrons. The Morgan fingerprint density at radius 3 is 2.33 bits per heavy atom. The van der Waals surface area contributed by atoms with E-state index in [9.17, 15) is 14.0 Å². The molecule has 1 heterocycles. The van der Waals surface area contributed by atoms with E-state index in [1.165, 1.54) is 24.3 Å². The number of amides is 2. The molecule has 2 amide bonds. The third kappa shape index (κ3) is 6.01. The van der Waals surface area contributed by atoms with Crippen molar-refractivity contribution in [3.05, 3.63) is 35.6 Å². The smallest absolute Gasteiger partial charge is 0.251 e. The third-order valence-electron chi connectivity index (χ3n) is 4.90. The maximum atomic E-state index is 13.0. The molecule has 1 atom stereocenters. The van der Waals surface area contributed by atoms with E-state index in [0.717, 1.165) is 13.1 Å². The van der Waals surface area contributed by atoms with Crippen molar-refractivity contribution in [3.63, 3.8) is 0 Å². The van der Waals surface area contributed by atoms with Crippen LogP contribution in [0, 0.1) is 11.7 Å². The first-order valence-corrected chi connectivity index (χ1v) is 9.37. The summed E-state index contributed by atoms with van der Waals surface area (Å²) in [6, 6.07) is 4.60. The zero-order valence-electron chi connectivity index (χ0n) is 16.5. The molecule has 1 aromatic rings. The fraction of sp³-hybridized carbons (Fsp3) is 0.600. The summed E-state index contributed by atoms with van der Waals surface area (Å²) in [5, 5.41) is 5.73. The number of nitrogens with one attached hydrogen (secondary N) is 2. The van der Waals surface area contributed by atoms with Crippen LogP contribution in [-0.2, 0) is 9.53 Å². The number of rotatable bonds is 7. The summed E-state index contributed by atoms with van der Waals surface area (Å²) in [5.74, 6) is -1.10. The van der Waals surface area contributed by atoms with Gasteiger partial charge in [0.1, 0.15) is 11.9 Å². The van der Waals surface area contributed by atoms with Gasteiger partial charge >= 0.3 is 0 Å². The van der Waals surface area contributed by atoms with Gasteiger partial charge in [0, 0.05) is 30.7 Å². The minimum Gasteiger partial charge on any atom is -0.379 e. The van der Waals surface area contributed by atoms with Crippen LogP contribution in [-0.4, -0.2) is 61.1 Å². The maximum Gasteiger partial charge on any atom is 0.251 e. The average molecular weight is 379 g/mol. The van der Waals surface area contributed by atoms with Gasteiger partial charge in [-0.05, 0) is 44.0 Å². The topological polar surface area (TPSA) is 70.7 Å². The van der Waals surface area contributed by atoms with Crippen molar-refractivity contribution in [1.82, 2.24) is 15.5 Å². The summed E-state index contributed by atoms with van der Waals surface area (Å²) in [5.41, 5.74) is 0.116. The van der Waals surface area contributed by atoms with Crippen LogP contribution in [0.3, 0.4) is 0 Å². The SMILES string of the molecule is CC(C)C(NC(=O)c1ccc(F)cc1)C(=O)NCC(C)(C)N1CCOCC1. The van der Waals surface area contributed by atoms with Gasteiger partial charge in [0.25, 0.3) is 5.91 Å². The first kappa shape index (κ1) is 21.3. The molecular weight excluding hydrogens is 349 g/mol. The number of hydrogen-bond acceptors (Lipinski definition) is 4. The van der Waals surface area contributed by atoms with Gasteiger partial charge in [-0.15, -0.1) is 0 Å². The first-order valence-electron chi connectivity index (χ1n) is 9.37. The molecule has 1 fully saturated rings. The highest BCUT2D eigenvalue weighted by atomic mass is 19.1. The van der Waals surface area contributed by atoms with Crippen LogP contribution in [0.15, 0.2) is 24.3 Å². The predicted octanol–water partition coefficient (Wildman–Crippen LogP) is 1.81. The fourth-order valence-corrected chi connectivity index (χ4v) is 3.05. The Labute approximate surface area is 160 Å². The number of nitrogens with zero attached hydrogens (tertiary/aromatic N) is 1. The lowest BCUT2D eigenvalue weighted by Crippen LogP contribution is -2.58. The first-order chi connectivity index (χ1) is 12.7. The van der Waals surface area contributed by atoms with E-state index in [1.54, 1.807) is 0 Å². The molecule has 2 N–H and O–H groups in total. The lowest BCUT2D eigenvalue weighted by atomic mass is 9.99. The van der Waals surface area contributed by atoms with Crippen LogP contribution in [0.4, 0.5) is 4.39 Å². The summed E-state index contributed by atoms with van der Waals surface area (Å²) in [7, 11) is 0. The highest BCUT2D eigenvalue weighted by molar-refractivity contribution is 5.97. The molecule has 2 rings (SSSR count). The van der Waals surface area contributed by atoms with Crippen molar-refractivity contribution in [2.45, 2.75) is 39.3 Å². The molecule has 1 saturated heterocycles. The van der Waals surface area contributed by atoms with Gasteiger partial charge in [0.05, 0.1) is 13.2 Å². The number of hydrogen-bond donors (Lipinski definition) is 2. The number of halogens is 1. The van der Waals surface area contributed by atoms with Crippen LogP contribution in [0.5, 0.6) is 0 Å². The van der Waals surface area contributed by atoms with E-state index in [1.807, 2.05) is 13.8 Å². The lowest BCUT2D eigenvalue weighted by molar-refractivity contribution is -0.124. The molecule has 0 aromatic heterocycles. The summed E-state index contributed by atoms with van der Waals surface area (Å²) in [6.45, 7) is 11.4. The summed E-state index contributed by atoms with van der Waals surface area (Å²) >= 11 is 0. The van der Waals surface area contributed by atoms with E-state index in [-0.39, 0.29) is 17.4 Å². The molecule has 1 aromatic carbocycles. The molecule has 27 heavy (non-hydrogen) atoms. The van der Waals surface area contributed by atoms with Crippen LogP contribution in [0.25, 0.3) is 0 Å². The minimum absolute atomic E-state index is 0.0825. The Morgan fingerprint density at radius 2 is 1.78 bits per heavy atom. The molecule has 0 spiro atoms. The van der Waals surface area contributed by atoms with E-state index in [4.69, 9.17) is 4.74 Å². The van der Waals surface area contributed by atoms with E-state index < -0.39 is 17.8 Å². The fourth-order valence-electron chi connectivity index (χ4n) is 3.05. The van der Waals surface area contributed by atoms with Crippen LogP contribution in [0.1, 0.15) is 38.1 Å². The zero-order chi connectivity index (χ0) is 20.0. The van der Waals surface area contributed by atoms with Crippen LogP contribution in [0.2, 0.25) is 0 Å². The van der Waals surface area contributed by atoms with E-state index in [2.05, 4.69) is 29.4 Å². The molecular formula is C20H30FN3O3.